The summed E-state index contributed by atoms with van der Waals surface area (Å²) < 4.78 is 5.11. The van der Waals surface area contributed by atoms with Gasteiger partial charge in [0.2, 0.25) is 5.88 Å². The van der Waals surface area contributed by atoms with Crippen molar-refractivity contribution in [2.24, 2.45) is 0 Å². The van der Waals surface area contributed by atoms with Crippen LogP contribution in [0.25, 0.3) is 11.4 Å². The standard InChI is InChI=1S/C11H12N2O3/c1-3-7-10(14)12-9(13-11(7)15)8-4-5-16-6(8)2/h4-5H,3H2,1-2H3,(H2,12,13,14,15). The monoisotopic (exact) mass is 220 g/mol. The molecule has 0 aliphatic rings. The Morgan fingerprint density at radius 1 is 1.56 bits per heavy atom. The lowest BCUT2D eigenvalue weighted by Gasteiger charge is -2.03. The van der Waals surface area contributed by atoms with E-state index in [0.29, 0.717) is 29.1 Å². The van der Waals surface area contributed by atoms with E-state index in [9.17, 15) is 9.90 Å². The Morgan fingerprint density at radius 3 is 2.81 bits per heavy atom. The predicted octanol–water partition coefficient (Wildman–Crippen LogP) is 1.61. The summed E-state index contributed by atoms with van der Waals surface area (Å²) in [6, 6.07) is 1.69. The highest BCUT2D eigenvalue weighted by molar-refractivity contribution is 5.57. The molecule has 0 aliphatic heterocycles. The molecule has 2 aromatic rings. The van der Waals surface area contributed by atoms with Crippen LogP contribution >= 0.6 is 0 Å². The number of furan rings is 1. The SMILES string of the molecule is CCc1c(O)nc(-c2ccoc2C)[nH]c1=O. The molecule has 0 aromatic carbocycles. The van der Waals surface area contributed by atoms with E-state index in [1.807, 2.05) is 0 Å². The molecule has 2 heterocycles. The van der Waals surface area contributed by atoms with Crippen molar-refractivity contribution in [3.05, 3.63) is 34.0 Å². The third-order valence-corrected chi connectivity index (χ3v) is 2.46. The van der Waals surface area contributed by atoms with Crippen molar-refractivity contribution in [3.63, 3.8) is 0 Å². The molecule has 0 unspecified atom stereocenters. The Hall–Kier alpha value is -2.04. The maximum atomic E-state index is 11.6. The molecule has 0 radical (unpaired) electrons. The molecule has 0 spiro atoms. The van der Waals surface area contributed by atoms with E-state index in [-0.39, 0.29) is 11.4 Å². The third-order valence-electron chi connectivity index (χ3n) is 2.46. The van der Waals surface area contributed by atoms with Crippen molar-refractivity contribution in [2.75, 3.05) is 0 Å². The normalized spacial score (nSPS) is 10.6. The quantitative estimate of drug-likeness (QED) is 0.805. The Kier molecular flexibility index (Phi) is 2.52. The fourth-order valence-corrected chi connectivity index (χ4v) is 1.56. The molecule has 0 fully saturated rings. The smallest absolute Gasteiger partial charge is 0.258 e. The van der Waals surface area contributed by atoms with E-state index < -0.39 is 0 Å². The van der Waals surface area contributed by atoms with Crippen molar-refractivity contribution >= 4 is 0 Å². The van der Waals surface area contributed by atoms with Crippen LogP contribution in [0.4, 0.5) is 0 Å². The number of rotatable bonds is 2. The second-order valence-corrected chi connectivity index (χ2v) is 3.46. The minimum atomic E-state index is -0.314. The fraction of sp³-hybridized carbons (Fsp3) is 0.273. The summed E-state index contributed by atoms with van der Waals surface area (Å²) in [4.78, 5) is 18.2. The number of hydrogen-bond acceptors (Lipinski definition) is 4. The summed E-state index contributed by atoms with van der Waals surface area (Å²) in [7, 11) is 0. The van der Waals surface area contributed by atoms with Gasteiger partial charge in [-0.2, -0.15) is 4.98 Å². The fourth-order valence-electron chi connectivity index (χ4n) is 1.56. The summed E-state index contributed by atoms with van der Waals surface area (Å²) in [5.41, 5.74) is 0.658. The zero-order valence-corrected chi connectivity index (χ0v) is 9.07. The molecule has 16 heavy (non-hydrogen) atoms. The van der Waals surface area contributed by atoms with Gasteiger partial charge in [-0.05, 0) is 19.4 Å². The van der Waals surface area contributed by atoms with Crippen molar-refractivity contribution in [3.8, 4) is 17.3 Å². The van der Waals surface area contributed by atoms with E-state index in [2.05, 4.69) is 9.97 Å². The molecule has 2 rings (SSSR count). The Morgan fingerprint density at radius 2 is 2.31 bits per heavy atom. The van der Waals surface area contributed by atoms with Crippen molar-refractivity contribution in [1.29, 1.82) is 0 Å². The summed E-state index contributed by atoms with van der Waals surface area (Å²) in [6.45, 7) is 3.55. The van der Waals surface area contributed by atoms with Gasteiger partial charge in [0.25, 0.3) is 5.56 Å². The van der Waals surface area contributed by atoms with Gasteiger partial charge < -0.3 is 14.5 Å². The minimum Gasteiger partial charge on any atom is -0.493 e. The first-order chi connectivity index (χ1) is 7.63. The van der Waals surface area contributed by atoms with E-state index in [1.54, 1.807) is 19.9 Å². The molecule has 0 amide bonds. The highest BCUT2D eigenvalue weighted by Gasteiger charge is 2.12. The van der Waals surface area contributed by atoms with Crippen LogP contribution in [0.5, 0.6) is 5.88 Å². The molecular weight excluding hydrogens is 208 g/mol. The van der Waals surface area contributed by atoms with Crippen LogP contribution in [0, 0.1) is 6.92 Å². The van der Waals surface area contributed by atoms with E-state index in [1.165, 1.54) is 6.26 Å². The lowest BCUT2D eigenvalue weighted by Crippen LogP contribution is -2.14. The molecule has 2 N–H and O–H groups in total. The molecule has 5 nitrogen and oxygen atoms in total. The first kappa shape index (κ1) is 10.5. The molecular formula is C11H12N2O3. The van der Waals surface area contributed by atoms with Crippen LogP contribution in [0.3, 0.4) is 0 Å². The Bertz CT molecular complexity index is 569. The highest BCUT2D eigenvalue weighted by Crippen LogP contribution is 2.21. The summed E-state index contributed by atoms with van der Waals surface area (Å²) in [5.74, 6) is 0.750. The number of aromatic nitrogens is 2. The predicted molar refractivity (Wildman–Crippen MR) is 58.3 cm³/mol. The van der Waals surface area contributed by atoms with Gasteiger partial charge in [-0.1, -0.05) is 6.92 Å². The van der Waals surface area contributed by atoms with Crippen LogP contribution in [-0.4, -0.2) is 15.1 Å². The highest BCUT2D eigenvalue weighted by atomic mass is 16.3. The number of aryl methyl sites for hydroxylation is 1. The molecule has 0 atom stereocenters. The van der Waals surface area contributed by atoms with Gasteiger partial charge >= 0.3 is 0 Å². The first-order valence-electron chi connectivity index (χ1n) is 5.00. The van der Waals surface area contributed by atoms with Gasteiger partial charge in [-0.15, -0.1) is 0 Å². The van der Waals surface area contributed by atoms with E-state index in [0.717, 1.165) is 0 Å². The second kappa shape index (κ2) is 3.84. The number of H-pyrrole nitrogens is 1. The van der Waals surface area contributed by atoms with Crippen LogP contribution < -0.4 is 5.56 Å². The van der Waals surface area contributed by atoms with Gasteiger partial charge in [-0.3, -0.25) is 4.79 Å². The average molecular weight is 220 g/mol. The summed E-state index contributed by atoms with van der Waals surface area (Å²) in [5, 5.41) is 9.60. The average Bonchev–Trinajstić information content (AvgIpc) is 2.64. The topological polar surface area (TPSA) is 79.1 Å². The van der Waals surface area contributed by atoms with Gasteiger partial charge in [0.05, 0.1) is 17.4 Å². The van der Waals surface area contributed by atoms with E-state index in [4.69, 9.17) is 4.42 Å². The Balaban J connectivity index is 2.61. The second-order valence-electron chi connectivity index (χ2n) is 3.46. The van der Waals surface area contributed by atoms with Crippen LogP contribution in [0.15, 0.2) is 21.5 Å². The molecule has 0 saturated heterocycles. The van der Waals surface area contributed by atoms with Crippen molar-refractivity contribution < 1.29 is 9.52 Å². The molecule has 0 saturated carbocycles. The number of nitrogens with one attached hydrogen (secondary N) is 1. The van der Waals surface area contributed by atoms with Crippen LogP contribution in [0.1, 0.15) is 18.2 Å². The zero-order valence-electron chi connectivity index (χ0n) is 9.07. The number of aromatic hydroxyl groups is 1. The lowest BCUT2D eigenvalue weighted by molar-refractivity contribution is 0.444. The van der Waals surface area contributed by atoms with Gasteiger partial charge in [0, 0.05) is 0 Å². The number of aromatic amines is 1. The third kappa shape index (κ3) is 1.60. The van der Waals surface area contributed by atoms with Crippen LogP contribution in [-0.2, 0) is 6.42 Å². The number of hydrogen-bond donors (Lipinski definition) is 2. The first-order valence-corrected chi connectivity index (χ1v) is 5.00. The Labute approximate surface area is 91.8 Å². The van der Waals surface area contributed by atoms with Crippen molar-refractivity contribution in [2.45, 2.75) is 20.3 Å². The summed E-state index contributed by atoms with van der Waals surface area (Å²) in [6.07, 6.45) is 1.95. The molecule has 0 aliphatic carbocycles. The van der Waals surface area contributed by atoms with Gasteiger partial charge in [-0.25, -0.2) is 0 Å². The minimum absolute atomic E-state index is 0.221. The molecule has 2 aromatic heterocycles. The molecule has 5 heteroatoms. The lowest BCUT2D eigenvalue weighted by atomic mass is 10.2. The maximum absolute atomic E-state index is 11.6. The van der Waals surface area contributed by atoms with Gasteiger partial charge in [0.15, 0.2) is 0 Å². The van der Waals surface area contributed by atoms with E-state index >= 15 is 0 Å². The summed E-state index contributed by atoms with van der Waals surface area (Å²) >= 11 is 0. The maximum Gasteiger partial charge on any atom is 0.258 e. The molecule has 0 bridgehead atoms. The van der Waals surface area contributed by atoms with Crippen molar-refractivity contribution in [1.82, 2.24) is 9.97 Å². The van der Waals surface area contributed by atoms with Gasteiger partial charge in [0.1, 0.15) is 11.6 Å². The largest absolute Gasteiger partial charge is 0.493 e. The van der Waals surface area contributed by atoms with Crippen LogP contribution in [0.2, 0.25) is 0 Å². The number of nitrogens with zero attached hydrogens (tertiary/aromatic N) is 1. The zero-order chi connectivity index (χ0) is 11.7. The molecule has 84 valence electrons.